The summed E-state index contributed by atoms with van der Waals surface area (Å²) in [5.74, 6) is 0.867. The lowest BCUT2D eigenvalue weighted by Gasteiger charge is -2.47. The summed E-state index contributed by atoms with van der Waals surface area (Å²) in [6.07, 6.45) is 3.69. The van der Waals surface area contributed by atoms with E-state index in [1.54, 1.807) is 0 Å². The first-order valence-corrected chi connectivity index (χ1v) is 8.01. The van der Waals surface area contributed by atoms with E-state index in [2.05, 4.69) is 27.7 Å². The molecular formula is C19H29NO. The topological polar surface area (TPSA) is 20.3 Å². The van der Waals surface area contributed by atoms with E-state index in [1.807, 2.05) is 42.3 Å². The normalized spacial score (nSPS) is 28.1. The minimum absolute atomic E-state index is 0.132. The average Bonchev–Trinajstić information content (AvgIpc) is 2.35. The van der Waals surface area contributed by atoms with Crippen LogP contribution >= 0.6 is 0 Å². The summed E-state index contributed by atoms with van der Waals surface area (Å²) in [5, 5.41) is 0. The lowest BCUT2D eigenvalue weighted by molar-refractivity contribution is 0.0312. The molecule has 2 heteroatoms. The number of rotatable bonds is 3. The van der Waals surface area contributed by atoms with Gasteiger partial charge in [-0.1, -0.05) is 45.9 Å². The smallest absolute Gasteiger partial charge is 0.253 e. The molecule has 0 saturated heterocycles. The van der Waals surface area contributed by atoms with Gasteiger partial charge in [0, 0.05) is 19.2 Å². The van der Waals surface area contributed by atoms with E-state index >= 15 is 0 Å². The number of carbonyl (C=O) groups is 1. The van der Waals surface area contributed by atoms with Crippen LogP contribution in [0.5, 0.6) is 0 Å². The minimum atomic E-state index is 0.132. The summed E-state index contributed by atoms with van der Waals surface area (Å²) in [5.41, 5.74) is 1.38. The highest BCUT2D eigenvalue weighted by atomic mass is 16.2. The highest BCUT2D eigenvalue weighted by Gasteiger charge is 2.40. The molecule has 1 aliphatic rings. The Kier molecular flexibility index (Phi) is 4.46. The van der Waals surface area contributed by atoms with E-state index in [4.69, 9.17) is 0 Å². The van der Waals surface area contributed by atoms with Crippen molar-refractivity contribution >= 4 is 5.91 Å². The number of benzene rings is 1. The largest absolute Gasteiger partial charge is 0.341 e. The fourth-order valence-electron chi connectivity index (χ4n) is 4.72. The van der Waals surface area contributed by atoms with Gasteiger partial charge in [0.15, 0.2) is 0 Å². The van der Waals surface area contributed by atoms with Crippen LogP contribution in [0.2, 0.25) is 0 Å². The number of amides is 1. The molecule has 2 unspecified atom stereocenters. The van der Waals surface area contributed by atoms with E-state index in [9.17, 15) is 4.79 Å². The monoisotopic (exact) mass is 287 g/mol. The molecule has 0 aliphatic heterocycles. The van der Waals surface area contributed by atoms with Crippen molar-refractivity contribution in [3.63, 3.8) is 0 Å². The Hall–Kier alpha value is -1.31. The van der Waals surface area contributed by atoms with Gasteiger partial charge in [-0.25, -0.2) is 0 Å². The fourth-order valence-corrected chi connectivity index (χ4v) is 4.72. The number of hydrogen-bond donors (Lipinski definition) is 0. The minimum Gasteiger partial charge on any atom is -0.341 e. The predicted octanol–water partition coefficient (Wildman–Crippen LogP) is 4.61. The Morgan fingerprint density at radius 2 is 1.81 bits per heavy atom. The quantitative estimate of drug-likeness (QED) is 0.795. The second kappa shape index (κ2) is 5.82. The summed E-state index contributed by atoms with van der Waals surface area (Å²) < 4.78 is 0. The van der Waals surface area contributed by atoms with E-state index in [0.29, 0.717) is 5.41 Å². The van der Waals surface area contributed by atoms with Crippen molar-refractivity contribution < 1.29 is 4.79 Å². The maximum atomic E-state index is 12.5. The highest BCUT2D eigenvalue weighted by Crippen LogP contribution is 2.48. The molecule has 1 aliphatic carbocycles. The van der Waals surface area contributed by atoms with Crippen molar-refractivity contribution in [2.75, 3.05) is 13.6 Å². The second-order valence-corrected chi connectivity index (χ2v) is 8.19. The van der Waals surface area contributed by atoms with Crippen LogP contribution in [-0.4, -0.2) is 24.4 Å². The Morgan fingerprint density at radius 3 is 2.38 bits per heavy atom. The molecule has 0 heterocycles. The summed E-state index contributed by atoms with van der Waals surface area (Å²) >= 11 is 0. The third kappa shape index (κ3) is 4.09. The van der Waals surface area contributed by atoms with Gasteiger partial charge in [-0.15, -0.1) is 0 Å². The van der Waals surface area contributed by atoms with Gasteiger partial charge in [0.25, 0.3) is 5.91 Å². The molecule has 0 radical (unpaired) electrons. The molecule has 1 aromatic carbocycles. The zero-order valence-corrected chi connectivity index (χ0v) is 14.1. The first-order valence-electron chi connectivity index (χ1n) is 8.01. The number of carbonyl (C=O) groups excluding carboxylic acids is 1. The number of hydrogen-bond acceptors (Lipinski definition) is 1. The maximum Gasteiger partial charge on any atom is 0.253 e. The van der Waals surface area contributed by atoms with Crippen LogP contribution in [0.15, 0.2) is 30.3 Å². The number of nitrogens with zero attached hydrogens (tertiary/aromatic N) is 1. The third-order valence-electron chi connectivity index (χ3n) is 4.63. The molecule has 2 rings (SSSR count). The maximum absolute atomic E-state index is 12.5. The van der Waals surface area contributed by atoms with Crippen molar-refractivity contribution in [3.8, 4) is 0 Å². The van der Waals surface area contributed by atoms with Crippen molar-refractivity contribution in [3.05, 3.63) is 35.9 Å². The molecule has 1 fully saturated rings. The Labute approximate surface area is 129 Å². The van der Waals surface area contributed by atoms with E-state index in [-0.39, 0.29) is 11.3 Å². The standard InChI is InChI=1S/C19H29NO/c1-15-11-18(2,3)13-19(4,12-15)14-20(5)17(21)16-9-7-6-8-10-16/h6-10,15H,11-14H2,1-5H3. The third-order valence-corrected chi connectivity index (χ3v) is 4.63. The van der Waals surface area contributed by atoms with Crippen LogP contribution in [0.25, 0.3) is 0 Å². The second-order valence-electron chi connectivity index (χ2n) is 8.19. The Morgan fingerprint density at radius 1 is 1.19 bits per heavy atom. The van der Waals surface area contributed by atoms with E-state index in [1.165, 1.54) is 19.3 Å². The van der Waals surface area contributed by atoms with Crippen molar-refractivity contribution in [2.45, 2.75) is 47.0 Å². The molecule has 2 atom stereocenters. The van der Waals surface area contributed by atoms with Gasteiger partial charge in [-0.05, 0) is 48.1 Å². The van der Waals surface area contributed by atoms with Crippen molar-refractivity contribution in [1.29, 1.82) is 0 Å². The summed E-state index contributed by atoms with van der Waals surface area (Å²) in [7, 11) is 1.94. The highest BCUT2D eigenvalue weighted by molar-refractivity contribution is 5.94. The predicted molar refractivity (Wildman–Crippen MR) is 88.3 cm³/mol. The first kappa shape index (κ1) is 16.1. The van der Waals surface area contributed by atoms with Gasteiger partial charge in [0.1, 0.15) is 0 Å². The lowest BCUT2D eigenvalue weighted by atomic mass is 9.61. The summed E-state index contributed by atoms with van der Waals surface area (Å²) in [6.45, 7) is 10.3. The molecule has 0 spiro atoms. The van der Waals surface area contributed by atoms with Crippen LogP contribution < -0.4 is 0 Å². The SMILES string of the molecule is CC1CC(C)(C)CC(C)(CN(C)C(=O)c2ccccc2)C1. The lowest BCUT2D eigenvalue weighted by Crippen LogP contribution is -2.43. The molecular weight excluding hydrogens is 258 g/mol. The molecule has 1 amide bonds. The van der Waals surface area contributed by atoms with Crippen LogP contribution in [0.1, 0.15) is 57.3 Å². The van der Waals surface area contributed by atoms with Crippen LogP contribution in [0.3, 0.4) is 0 Å². The van der Waals surface area contributed by atoms with Gasteiger partial charge >= 0.3 is 0 Å². The van der Waals surface area contributed by atoms with Gasteiger partial charge in [-0.3, -0.25) is 4.79 Å². The molecule has 1 saturated carbocycles. The molecule has 0 bridgehead atoms. The van der Waals surface area contributed by atoms with Crippen LogP contribution in [0, 0.1) is 16.7 Å². The average molecular weight is 287 g/mol. The van der Waals surface area contributed by atoms with Crippen molar-refractivity contribution in [2.24, 2.45) is 16.7 Å². The fraction of sp³-hybridized carbons (Fsp3) is 0.632. The van der Waals surface area contributed by atoms with Crippen LogP contribution in [-0.2, 0) is 0 Å². The molecule has 1 aromatic rings. The first-order chi connectivity index (χ1) is 9.71. The zero-order valence-electron chi connectivity index (χ0n) is 14.1. The van der Waals surface area contributed by atoms with Crippen molar-refractivity contribution in [1.82, 2.24) is 4.90 Å². The summed E-state index contributed by atoms with van der Waals surface area (Å²) in [4.78, 5) is 14.4. The summed E-state index contributed by atoms with van der Waals surface area (Å²) in [6, 6.07) is 9.59. The Bertz CT molecular complexity index is 494. The van der Waals surface area contributed by atoms with E-state index < -0.39 is 0 Å². The van der Waals surface area contributed by atoms with Gasteiger partial charge < -0.3 is 4.90 Å². The van der Waals surface area contributed by atoms with Crippen LogP contribution in [0.4, 0.5) is 0 Å². The molecule has 2 nitrogen and oxygen atoms in total. The molecule has 21 heavy (non-hydrogen) atoms. The van der Waals surface area contributed by atoms with Gasteiger partial charge in [0.2, 0.25) is 0 Å². The molecule has 0 N–H and O–H groups in total. The molecule has 0 aromatic heterocycles. The van der Waals surface area contributed by atoms with E-state index in [0.717, 1.165) is 18.0 Å². The van der Waals surface area contributed by atoms with Gasteiger partial charge in [0.05, 0.1) is 0 Å². The zero-order chi connectivity index (χ0) is 15.7. The Balaban J connectivity index is 2.08. The molecule has 116 valence electrons. The van der Waals surface area contributed by atoms with Gasteiger partial charge in [-0.2, -0.15) is 0 Å².